The van der Waals surface area contributed by atoms with E-state index < -0.39 is 0 Å². The number of pyridine rings is 2. The van der Waals surface area contributed by atoms with Crippen molar-refractivity contribution in [3.05, 3.63) is 76.7 Å². The molecule has 0 unspecified atom stereocenters. The first kappa shape index (κ1) is 24.2. The second-order valence-electron chi connectivity index (χ2n) is 10.2. The summed E-state index contributed by atoms with van der Waals surface area (Å²) >= 11 is 0. The second-order valence-corrected chi connectivity index (χ2v) is 10.2. The summed E-state index contributed by atoms with van der Waals surface area (Å²) in [6.07, 6.45) is 2.89. The number of aryl methyl sites for hydroxylation is 2. The molecular formula is C29H32N8O. The van der Waals surface area contributed by atoms with Crippen LogP contribution in [0.25, 0.3) is 17.2 Å². The number of nitrogens with zero attached hydrogens (tertiary/aromatic N) is 7. The van der Waals surface area contributed by atoms with E-state index in [-0.39, 0.29) is 11.9 Å². The number of fused-ring (bicyclic) bond motifs is 4. The molecule has 0 fully saturated rings. The number of hydrogen-bond acceptors (Lipinski definition) is 7. The molecule has 6 rings (SSSR count). The number of nitrogens with one attached hydrogen (secondary N) is 1. The fourth-order valence-corrected chi connectivity index (χ4v) is 5.27. The van der Waals surface area contributed by atoms with Crippen LogP contribution in [0.5, 0.6) is 0 Å². The van der Waals surface area contributed by atoms with Gasteiger partial charge in [-0.05, 0) is 63.6 Å². The molecular weight excluding hydrogens is 476 g/mol. The molecule has 38 heavy (non-hydrogen) atoms. The van der Waals surface area contributed by atoms with Gasteiger partial charge in [0.25, 0.3) is 5.91 Å². The molecule has 1 amide bonds. The second kappa shape index (κ2) is 9.64. The zero-order valence-corrected chi connectivity index (χ0v) is 22.3. The molecule has 0 spiro atoms. The predicted octanol–water partition coefficient (Wildman–Crippen LogP) is 3.94. The Morgan fingerprint density at radius 2 is 1.89 bits per heavy atom. The van der Waals surface area contributed by atoms with Gasteiger partial charge in [0.1, 0.15) is 23.2 Å². The van der Waals surface area contributed by atoms with Crippen LogP contribution < -0.4 is 15.1 Å². The fraction of sp³-hybridized carbons (Fsp3) is 0.345. The number of anilines is 2. The molecule has 1 N–H and O–H groups in total. The normalized spacial score (nSPS) is 14.3. The number of carbonyl (C=O) groups excluding carboxylic acids is 1. The molecule has 0 atom stereocenters. The summed E-state index contributed by atoms with van der Waals surface area (Å²) in [6.45, 7) is 5.24. The standard InChI is InChI=1S/C29H32N8O/c1-18(2)35(4)27-15-20-21(23(32-27)16-30-3)17-36(29(20)38)25-13-8-11-22(31-25)28-34-33-26-14-7-10-19-9-5-6-12-24(19)37(26)28/h5-6,8-9,11-13,15,18,30H,7,10,14,16-17H2,1-4H3. The lowest BCUT2D eigenvalue weighted by Gasteiger charge is -2.24. The third-order valence-corrected chi connectivity index (χ3v) is 7.52. The van der Waals surface area contributed by atoms with Gasteiger partial charge in [-0.15, -0.1) is 10.2 Å². The van der Waals surface area contributed by atoms with Crippen molar-refractivity contribution in [3.8, 4) is 17.2 Å². The van der Waals surface area contributed by atoms with E-state index in [4.69, 9.17) is 9.97 Å². The molecule has 4 aromatic rings. The minimum Gasteiger partial charge on any atom is -0.357 e. The Morgan fingerprint density at radius 1 is 1.05 bits per heavy atom. The molecule has 0 saturated heterocycles. The Balaban J connectivity index is 1.39. The summed E-state index contributed by atoms with van der Waals surface area (Å²) in [5.41, 5.74) is 5.59. The summed E-state index contributed by atoms with van der Waals surface area (Å²) in [6, 6.07) is 16.3. The molecule has 3 aromatic heterocycles. The van der Waals surface area contributed by atoms with E-state index in [9.17, 15) is 4.79 Å². The van der Waals surface area contributed by atoms with Crippen LogP contribution in [-0.4, -0.2) is 50.8 Å². The number of amides is 1. The monoisotopic (exact) mass is 508 g/mol. The average molecular weight is 509 g/mol. The van der Waals surface area contributed by atoms with Crippen molar-refractivity contribution in [1.29, 1.82) is 0 Å². The predicted molar refractivity (Wildman–Crippen MR) is 148 cm³/mol. The van der Waals surface area contributed by atoms with Crippen molar-refractivity contribution in [2.45, 2.75) is 52.2 Å². The van der Waals surface area contributed by atoms with Gasteiger partial charge in [0.05, 0.1) is 23.5 Å². The van der Waals surface area contributed by atoms with Crippen LogP contribution in [-0.2, 0) is 25.9 Å². The quantitative estimate of drug-likeness (QED) is 0.422. The molecule has 2 aliphatic heterocycles. The minimum atomic E-state index is -0.0618. The van der Waals surface area contributed by atoms with E-state index in [1.54, 1.807) is 4.90 Å². The Hall–Kier alpha value is -4.11. The molecule has 194 valence electrons. The summed E-state index contributed by atoms with van der Waals surface area (Å²) in [7, 11) is 3.90. The van der Waals surface area contributed by atoms with Crippen LogP contribution in [0, 0.1) is 0 Å². The lowest BCUT2D eigenvalue weighted by atomic mass is 10.1. The van der Waals surface area contributed by atoms with Gasteiger partial charge in [0.2, 0.25) is 0 Å². The Bertz CT molecular complexity index is 1530. The minimum absolute atomic E-state index is 0.0618. The van der Waals surface area contributed by atoms with Gasteiger partial charge >= 0.3 is 0 Å². The number of carbonyl (C=O) groups is 1. The summed E-state index contributed by atoms with van der Waals surface area (Å²) in [5.74, 6) is 2.96. The maximum atomic E-state index is 13.7. The third kappa shape index (κ3) is 4.03. The van der Waals surface area contributed by atoms with Crippen LogP contribution in [0.1, 0.15) is 53.3 Å². The van der Waals surface area contributed by atoms with Gasteiger partial charge in [-0.2, -0.15) is 0 Å². The van der Waals surface area contributed by atoms with Crippen LogP contribution >= 0.6 is 0 Å². The van der Waals surface area contributed by atoms with Crippen molar-refractivity contribution in [2.75, 3.05) is 23.9 Å². The highest BCUT2D eigenvalue weighted by atomic mass is 16.2. The molecule has 0 radical (unpaired) electrons. The van der Waals surface area contributed by atoms with E-state index >= 15 is 0 Å². The van der Waals surface area contributed by atoms with E-state index in [2.05, 4.69) is 57.0 Å². The van der Waals surface area contributed by atoms with E-state index in [1.807, 2.05) is 44.4 Å². The number of rotatable bonds is 6. The number of aromatic nitrogens is 5. The third-order valence-electron chi connectivity index (χ3n) is 7.52. The van der Waals surface area contributed by atoms with Crippen LogP contribution in [0.4, 0.5) is 11.6 Å². The van der Waals surface area contributed by atoms with Gasteiger partial charge < -0.3 is 10.2 Å². The van der Waals surface area contributed by atoms with Crippen LogP contribution in [0.2, 0.25) is 0 Å². The van der Waals surface area contributed by atoms with E-state index in [1.165, 1.54) is 5.56 Å². The zero-order valence-electron chi connectivity index (χ0n) is 22.3. The maximum Gasteiger partial charge on any atom is 0.260 e. The molecule has 9 heteroatoms. The summed E-state index contributed by atoms with van der Waals surface area (Å²) in [4.78, 5) is 27.4. The lowest BCUT2D eigenvalue weighted by Crippen LogP contribution is -2.27. The van der Waals surface area contributed by atoms with Crippen LogP contribution in [0.3, 0.4) is 0 Å². The van der Waals surface area contributed by atoms with E-state index in [0.29, 0.717) is 36.0 Å². The van der Waals surface area contributed by atoms with Gasteiger partial charge in [-0.25, -0.2) is 9.97 Å². The SMILES string of the molecule is CNCc1nc(N(C)C(C)C)cc2c1CN(c1cccc(-c3nnc4n3-c3ccccc3CCC4)n1)C2=O. The van der Waals surface area contributed by atoms with Crippen molar-refractivity contribution in [1.82, 2.24) is 30.0 Å². The lowest BCUT2D eigenvalue weighted by molar-refractivity contribution is 0.0996. The average Bonchev–Trinajstić information content (AvgIpc) is 3.44. The van der Waals surface area contributed by atoms with Crippen molar-refractivity contribution < 1.29 is 4.79 Å². The van der Waals surface area contributed by atoms with Crippen molar-refractivity contribution >= 4 is 17.5 Å². The van der Waals surface area contributed by atoms with Crippen molar-refractivity contribution in [2.24, 2.45) is 0 Å². The van der Waals surface area contributed by atoms with Gasteiger partial charge in [0, 0.05) is 31.6 Å². The zero-order chi connectivity index (χ0) is 26.4. The van der Waals surface area contributed by atoms with Crippen LogP contribution in [0.15, 0.2) is 48.5 Å². The molecule has 2 aliphatic rings. The summed E-state index contributed by atoms with van der Waals surface area (Å²) < 4.78 is 2.12. The van der Waals surface area contributed by atoms with Gasteiger partial charge in [0.15, 0.2) is 5.82 Å². The first-order valence-corrected chi connectivity index (χ1v) is 13.2. The Labute approximate surface area is 222 Å². The number of benzene rings is 1. The Kier molecular flexibility index (Phi) is 6.15. The summed E-state index contributed by atoms with van der Waals surface area (Å²) in [5, 5.41) is 12.3. The van der Waals surface area contributed by atoms with E-state index in [0.717, 1.165) is 47.8 Å². The topological polar surface area (TPSA) is 92.1 Å². The van der Waals surface area contributed by atoms with Gasteiger partial charge in [-0.1, -0.05) is 24.3 Å². The maximum absolute atomic E-state index is 13.7. The molecule has 5 heterocycles. The highest BCUT2D eigenvalue weighted by Gasteiger charge is 2.33. The number of hydrogen-bond donors (Lipinski definition) is 1. The highest BCUT2D eigenvalue weighted by molar-refractivity contribution is 6.10. The number of para-hydroxylation sites is 1. The first-order valence-electron chi connectivity index (χ1n) is 13.2. The highest BCUT2D eigenvalue weighted by Crippen LogP contribution is 2.34. The smallest absolute Gasteiger partial charge is 0.260 e. The molecule has 0 aliphatic carbocycles. The molecule has 1 aromatic carbocycles. The first-order chi connectivity index (χ1) is 18.5. The Morgan fingerprint density at radius 3 is 2.71 bits per heavy atom. The van der Waals surface area contributed by atoms with Gasteiger partial charge in [-0.3, -0.25) is 14.3 Å². The largest absolute Gasteiger partial charge is 0.357 e. The molecule has 0 saturated carbocycles. The van der Waals surface area contributed by atoms with Crippen molar-refractivity contribution in [3.63, 3.8) is 0 Å². The molecule has 0 bridgehead atoms. The molecule has 9 nitrogen and oxygen atoms in total. The fourth-order valence-electron chi connectivity index (χ4n) is 5.27.